The molecule has 0 radical (unpaired) electrons. The number of nitrogens with two attached hydrogens (primary N) is 1. The number of unbranched alkanes of at least 4 members (excludes halogenated alkanes) is 1. The molecule has 0 aliphatic rings. The van der Waals surface area contributed by atoms with Gasteiger partial charge in [0.25, 0.3) is 0 Å². The highest BCUT2D eigenvalue weighted by Gasteiger charge is 2.08. The molecule has 0 aromatic carbocycles. The van der Waals surface area contributed by atoms with Crippen molar-refractivity contribution < 1.29 is 9.47 Å². The smallest absolute Gasteiger partial charge is 0.218 e. The Morgan fingerprint density at radius 2 is 2.00 bits per heavy atom. The van der Waals surface area contributed by atoms with E-state index in [1.165, 1.54) is 0 Å². The van der Waals surface area contributed by atoms with E-state index in [9.17, 15) is 0 Å². The standard InChI is InChI=1S/C14H24N2O2/c1-4-5-6-17-7-8-18-14-13(10-15)11(2)9-12(3)16-14/h9H,4-8,10,15H2,1-3H3. The van der Waals surface area contributed by atoms with E-state index >= 15 is 0 Å². The monoisotopic (exact) mass is 252 g/mol. The van der Waals surface area contributed by atoms with Gasteiger partial charge < -0.3 is 15.2 Å². The maximum Gasteiger partial charge on any atom is 0.218 e. The molecule has 0 aliphatic carbocycles. The Kier molecular flexibility index (Phi) is 6.68. The molecule has 18 heavy (non-hydrogen) atoms. The Balaban J connectivity index is 2.46. The molecule has 1 aromatic rings. The van der Waals surface area contributed by atoms with Crippen molar-refractivity contribution in [1.29, 1.82) is 0 Å². The third-order valence-electron chi connectivity index (χ3n) is 2.75. The Morgan fingerprint density at radius 3 is 2.67 bits per heavy atom. The summed E-state index contributed by atoms with van der Waals surface area (Å²) in [5.41, 5.74) is 8.78. The number of nitrogens with zero attached hydrogens (tertiary/aromatic N) is 1. The van der Waals surface area contributed by atoms with Crippen LogP contribution >= 0.6 is 0 Å². The lowest BCUT2D eigenvalue weighted by atomic mass is 10.1. The number of ether oxygens (including phenoxy) is 2. The van der Waals surface area contributed by atoms with Crippen LogP contribution in [-0.2, 0) is 11.3 Å². The summed E-state index contributed by atoms with van der Waals surface area (Å²) in [4.78, 5) is 4.38. The summed E-state index contributed by atoms with van der Waals surface area (Å²) in [7, 11) is 0. The molecule has 102 valence electrons. The van der Waals surface area contributed by atoms with Crippen LogP contribution in [0, 0.1) is 13.8 Å². The van der Waals surface area contributed by atoms with Crippen molar-refractivity contribution in [2.45, 2.75) is 40.2 Å². The first-order valence-electron chi connectivity index (χ1n) is 6.56. The van der Waals surface area contributed by atoms with Crippen LogP contribution in [0.5, 0.6) is 5.88 Å². The summed E-state index contributed by atoms with van der Waals surface area (Å²) in [5, 5.41) is 0. The highest BCUT2D eigenvalue weighted by Crippen LogP contribution is 2.20. The summed E-state index contributed by atoms with van der Waals surface area (Å²) in [6.07, 6.45) is 2.24. The third kappa shape index (κ3) is 4.63. The highest BCUT2D eigenvalue weighted by atomic mass is 16.5. The fraction of sp³-hybridized carbons (Fsp3) is 0.643. The molecule has 0 amide bonds. The van der Waals surface area contributed by atoms with E-state index in [1.807, 2.05) is 19.9 Å². The lowest BCUT2D eigenvalue weighted by molar-refractivity contribution is 0.0961. The predicted octanol–water partition coefficient (Wildman–Crippen LogP) is 2.35. The molecule has 1 aromatic heterocycles. The van der Waals surface area contributed by atoms with Gasteiger partial charge in [0.1, 0.15) is 6.61 Å². The van der Waals surface area contributed by atoms with Gasteiger partial charge in [-0.1, -0.05) is 13.3 Å². The maximum absolute atomic E-state index is 5.72. The van der Waals surface area contributed by atoms with Crippen molar-refractivity contribution in [2.75, 3.05) is 19.8 Å². The van der Waals surface area contributed by atoms with Crippen LogP contribution in [0.1, 0.15) is 36.6 Å². The Bertz CT molecular complexity index is 367. The third-order valence-corrected chi connectivity index (χ3v) is 2.75. The first-order valence-corrected chi connectivity index (χ1v) is 6.56. The number of pyridine rings is 1. The van der Waals surface area contributed by atoms with Crippen LogP contribution in [0.3, 0.4) is 0 Å². The second kappa shape index (κ2) is 8.06. The molecule has 0 spiro atoms. The molecule has 1 heterocycles. The Hall–Kier alpha value is -1.13. The molecule has 0 saturated carbocycles. The summed E-state index contributed by atoms with van der Waals surface area (Å²) in [5.74, 6) is 0.647. The predicted molar refractivity (Wildman–Crippen MR) is 72.8 cm³/mol. The highest BCUT2D eigenvalue weighted by molar-refractivity contribution is 5.35. The maximum atomic E-state index is 5.72. The van der Waals surface area contributed by atoms with Crippen molar-refractivity contribution in [3.8, 4) is 5.88 Å². The SMILES string of the molecule is CCCCOCCOc1nc(C)cc(C)c1CN. The Morgan fingerprint density at radius 1 is 1.22 bits per heavy atom. The van der Waals surface area contributed by atoms with Gasteiger partial charge in [0, 0.05) is 24.4 Å². The zero-order valence-corrected chi connectivity index (χ0v) is 11.7. The summed E-state index contributed by atoms with van der Waals surface area (Å²) < 4.78 is 11.1. The van der Waals surface area contributed by atoms with Crippen LogP contribution < -0.4 is 10.5 Å². The van der Waals surface area contributed by atoms with Crippen molar-refractivity contribution in [3.63, 3.8) is 0 Å². The van der Waals surface area contributed by atoms with Gasteiger partial charge in [0.05, 0.1) is 6.61 Å². The van der Waals surface area contributed by atoms with Crippen molar-refractivity contribution in [3.05, 3.63) is 22.9 Å². The number of aromatic nitrogens is 1. The van der Waals surface area contributed by atoms with Gasteiger partial charge >= 0.3 is 0 Å². The summed E-state index contributed by atoms with van der Waals surface area (Å²) >= 11 is 0. The molecule has 0 fully saturated rings. The van der Waals surface area contributed by atoms with E-state index in [1.54, 1.807) is 0 Å². The van der Waals surface area contributed by atoms with E-state index in [2.05, 4.69) is 11.9 Å². The van der Waals surface area contributed by atoms with E-state index < -0.39 is 0 Å². The van der Waals surface area contributed by atoms with Crippen LogP contribution in [-0.4, -0.2) is 24.8 Å². The van der Waals surface area contributed by atoms with Crippen LogP contribution in [0.4, 0.5) is 0 Å². The number of hydrogen-bond donors (Lipinski definition) is 1. The van der Waals surface area contributed by atoms with Gasteiger partial charge in [-0.25, -0.2) is 4.98 Å². The van der Waals surface area contributed by atoms with Gasteiger partial charge in [0.2, 0.25) is 5.88 Å². The molecule has 0 unspecified atom stereocenters. The molecule has 0 atom stereocenters. The molecule has 1 rings (SSSR count). The van der Waals surface area contributed by atoms with Crippen molar-refractivity contribution >= 4 is 0 Å². The lowest BCUT2D eigenvalue weighted by Crippen LogP contribution is -2.12. The zero-order valence-electron chi connectivity index (χ0n) is 11.7. The van der Waals surface area contributed by atoms with E-state index in [0.29, 0.717) is 25.6 Å². The van der Waals surface area contributed by atoms with E-state index in [4.69, 9.17) is 15.2 Å². The number of aryl methyl sites for hydroxylation is 2. The van der Waals surface area contributed by atoms with E-state index in [-0.39, 0.29) is 0 Å². The average molecular weight is 252 g/mol. The van der Waals surface area contributed by atoms with Crippen molar-refractivity contribution in [1.82, 2.24) is 4.98 Å². The first-order chi connectivity index (χ1) is 8.69. The topological polar surface area (TPSA) is 57.4 Å². The quantitative estimate of drug-likeness (QED) is 0.722. The number of hydrogen-bond acceptors (Lipinski definition) is 4. The molecule has 0 aliphatic heterocycles. The summed E-state index contributed by atoms with van der Waals surface area (Å²) in [6.45, 7) is 8.49. The van der Waals surface area contributed by atoms with Gasteiger partial charge in [-0.05, 0) is 31.9 Å². The minimum absolute atomic E-state index is 0.450. The lowest BCUT2D eigenvalue weighted by Gasteiger charge is -2.12. The second-order valence-electron chi connectivity index (χ2n) is 4.38. The van der Waals surface area contributed by atoms with Gasteiger partial charge in [-0.3, -0.25) is 0 Å². The van der Waals surface area contributed by atoms with E-state index in [0.717, 1.165) is 36.3 Å². The second-order valence-corrected chi connectivity index (χ2v) is 4.38. The van der Waals surface area contributed by atoms with Gasteiger partial charge in [0.15, 0.2) is 0 Å². The molecule has 2 N–H and O–H groups in total. The molecular weight excluding hydrogens is 228 g/mol. The first kappa shape index (κ1) is 14.9. The average Bonchev–Trinajstić information content (AvgIpc) is 2.33. The Labute approximate surface area is 110 Å². The van der Waals surface area contributed by atoms with Gasteiger partial charge in [-0.15, -0.1) is 0 Å². The molecule has 4 heteroatoms. The van der Waals surface area contributed by atoms with Gasteiger partial charge in [-0.2, -0.15) is 0 Å². The van der Waals surface area contributed by atoms with Crippen LogP contribution in [0.25, 0.3) is 0 Å². The van der Waals surface area contributed by atoms with Crippen LogP contribution in [0.15, 0.2) is 6.07 Å². The number of rotatable bonds is 8. The van der Waals surface area contributed by atoms with Crippen LogP contribution in [0.2, 0.25) is 0 Å². The molecule has 0 saturated heterocycles. The van der Waals surface area contributed by atoms with Crippen molar-refractivity contribution in [2.24, 2.45) is 5.73 Å². The fourth-order valence-corrected chi connectivity index (χ4v) is 1.74. The minimum Gasteiger partial charge on any atom is -0.475 e. The minimum atomic E-state index is 0.450. The largest absolute Gasteiger partial charge is 0.475 e. The molecular formula is C14H24N2O2. The molecule has 4 nitrogen and oxygen atoms in total. The normalized spacial score (nSPS) is 10.7. The zero-order chi connectivity index (χ0) is 13.4. The summed E-state index contributed by atoms with van der Waals surface area (Å²) in [6, 6.07) is 2.02. The fourth-order valence-electron chi connectivity index (χ4n) is 1.74. The molecule has 0 bridgehead atoms.